The molecule has 0 aliphatic heterocycles. The van der Waals surface area contributed by atoms with Crippen LogP contribution in [0.15, 0.2) is 24.4 Å². The smallest absolute Gasteiger partial charge is 0.227 e. The Bertz CT molecular complexity index is 214. The average Bonchev–Trinajstić information content (AvgIpc) is 2.85. The molecule has 66 valence electrons. The quantitative estimate of drug-likeness (QED) is 0.634. The van der Waals surface area contributed by atoms with Gasteiger partial charge in [-0.3, -0.25) is 4.79 Å². The van der Waals surface area contributed by atoms with Gasteiger partial charge < -0.3 is 5.32 Å². The summed E-state index contributed by atoms with van der Waals surface area (Å²) < 4.78 is 0. The van der Waals surface area contributed by atoms with E-state index in [0.29, 0.717) is 0 Å². The van der Waals surface area contributed by atoms with Gasteiger partial charge in [-0.15, -0.1) is 0 Å². The molecule has 1 amide bonds. The normalized spacial score (nSPS) is 17.2. The van der Waals surface area contributed by atoms with Crippen LogP contribution in [0.25, 0.3) is 0 Å². The molecule has 1 N–H and O–H groups in total. The van der Waals surface area contributed by atoms with Crippen LogP contribution in [0, 0.1) is 5.92 Å². The van der Waals surface area contributed by atoms with Crippen LogP contribution < -0.4 is 5.32 Å². The van der Waals surface area contributed by atoms with Gasteiger partial charge >= 0.3 is 0 Å². The third-order valence-electron chi connectivity index (χ3n) is 1.93. The van der Waals surface area contributed by atoms with Crippen molar-refractivity contribution in [1.82, 2.24) is 5.32 Å². The Morgan fingerprint density at radius 1 is 1.67 bits per heavy atom. The van der Waals surface area contributed by atoms with Crippen LogP contribution in [0.4, 0.5) is 0 Å². The third kappa shape index (κ3) is 2.53. The number of hydrogen-bond acceptors (Lipinski definition) is 1. The summed E-state index contributed by atoms with van der Waals surface area (Å²) in [4.78, 5) is 11.3. The highest BCUT2D eigenvalue weighted by Gasteiger charge is 2.29. The SMILES string of the molecule is C=C/C=C(\CC)NC(=O)C1CC1. The van der Waals surface area contributed by atoms with Crippen molar-refractivity contribution in [2.75, 3.05) is 0 Å². The highest BCUT2D eigenvalue weighted by Crippen LogP contribution is 2.29. The van der Waals surface area contributed by atoms with Gasteiger partial charge in [-0.25, -0.2) is 0 Å². The van der Waals surface area contributed by atoms with E-state index < -0.39 is 0 Å². The molecule has 1 aliphatic carbocycles. The lowest BCUT2D eigenvalue weighted by atomic mass is 10.3. The first-order chi connectivity index (χ1) is 5.77. The van der Waals surface area contributed by atoms with Gasteiger partial charge in [0.05, 0.1) is 0 Å². The first kappa shape index (κ1) is 9.04. The largest absolute Gasteiger partial charge is 0.330 e. The lowest BCUT2D eigenvalue weighted by Crippen LogP contribution is -2.23. The van der Waals surface area contributed by atoms with E-state index in [9.17, 15) is 4.79 Å². The molecule has 1 rings (SSSR count). The number of nitrogens with one attached hydrogen (secondary N) is 1. The van der Waals surface area contributed by atoms with Crippen molar-refractivity contribution in [3.05, 3.63) is 24.4 Å². The van der Waals surface area contributed by atoms with Gasteiger partial charge in [0, 0.05) is 11.6 Å². The summed E-state index contributed by atoms with van der Waals surface area (Å²) in [5, 5.41) is 2.88. The maximum atomic E-state index is 11.3. The average molecular weight is 165 g/mol. The van der Waals surface area contributed by atoms with E-state index >= 15 is 0 Å². The van der Waals surface area contributed by atoms with Crippen LogP contribution in [0.3, 0.4) is 0 Å². The van der Waals surface area contributed by atoms with Gasteiger partial charge in [0.1, 0.15) is 0 Å². The summed E-state index contributed by atoms with van der Waals surface area (Å²) in [6.45, 7) is 5.60. The minimum absolute atomic E-state index is 0.171. The standard InChI is InChI=1S/C10H15NO/c1-3-5-9(4-2)11-10(12)8-6-7-8/h3,5,8H,1,4,6-7H2,2H3,(H,11,12)/b9-5+. The Morgan fingerprint density at radius 2 is 2.33 bits per heavy atom. The van der Waals surface area contributed by atoms with Crippen molar-refractivity contribution >= 4 is 5.91 Å². The molecule has 0 atom stereocenters. The van der Waals surface area contributed by atoms with Crippen molar-refractivity contribution in [2.24, 2.45) is 5.92 Å². The zero-order chi connectivity index (χ0) is 8.97. The van der Waals surface area contributed by atoms with Crippen molar-refractivity contribution in [3.63, 3.8) is 0 Å². The van der Waals surface area contributed by atoms with Crippen molar-refractivity contribution in [1.29, 1.82) is 0 Å². The number of amides is 1. The molecule has 0 radical (unpaired) electrons. The van der Waals surface area contributed by atoms with Crippen molar-refractivity contribution in [2.45, 2.75) is 26.2 Å². The Kier molecular flexibility index (Phi) is 3.09. The molecule has 0 aromatic carbocycles. The van der Waals surface area contributed by atoms with Crippen LogP contribution in [-0.4, -0.2) is 5.91 Å². The molecule has 0 spiro atoms. The maximum absolute atomic E-state index is 11.3. The molecule has 12 heavy (non-hydrogen) atoms. The highest BCUT2D eigenvalue weighted by atomic mass is 16.2. The molecule has 0 bridgehead atoms. The fourth-order valence-corrected chi connectivity index (χ4v) is 0.996. The molecule has 1 aliphatic rings. The first-order valence-corrected chi connectivity index (χ1v) is 4.40. The summed E-state index contributed by atoms with van der Waals surface area (Å²) >= 11 is 0. The molecule has 0 heterocycles. The van der Waals surface area contributed by atoms with Crippen LogP contribution >= 0.6 is 0 Å². The Morgan fingerprint density at radius 3 is 2.75 bits per heavy atom. The first-order valence-electron chi connectivity index (χ1n) is 4.40. The summed E-state index contributed by atoms with van der Waals surface area (Å²) in [6.07, 6.45) is 6.50. The van der Waals surface area contributed by atoms with Gasteiger partial charge in [-0.1, -0.05) is 19.6 Å². The summed E-state index contributed by atoms with van der Waals surface area (Å²) in [7, 11) is 0. The van der Waals surface area contributed by atoms with Crippen molar-refractivity contribution in [3.8, 4) is 0 Å². The third-order valence-corrected chi connectivity index (χ3v) is 1.93. The summed E-state index contributed by atoms with van der Waals surface area (Å²) in [5.41, 5.74) is 0.960. The number of carbonyl (C=O) groups excluding carboxylic acids is 1. The van der Waals surface area contributed by atoms with Crippen LogP contribution in [0.2, 0.25) is 0 Å². The number of rotatable bonds is 4. The topological polar surface area (TPSA) is 29.1 Å². The van der Waals surface area contributed by atoms with Crippen LogP contribution in [-0.2, 0) is 4.79 Å². The molecular formula is C10H15NO. The lowest BCUT2D eigenvalue weighted by molar-refractivity contribution is -0.121. The molecule has 1 fully saturated rings. The van der Waals surface area contributed by atoms with E-state index in [1.807, 2.05) is 13.0 Å². The Hall–Kier alpha value is -1.05. The molecule has 1 saturated carbocycles. The minimum atomic E-state index is 0.171. The maximum Gasteiger partial charge on any atom is 0.227 e. The van der Waals surface area contributed by atoms with Crippen LogP contribution in [0.5, 0.6) is 0 Å². The highest BCUT2D eigenvalue weighted by molar-refractivity contribution is 5.82. The predicted molar refractivity (Wildman–Crippen MR) is 49.4 cm³/mol. The van der Waals surface area contributed by atoms with E-state index in [4.69, 9.17) is 0 Å². The van der Waals surface area contributed by atoms with Crippen LogP contribution in [0.1, 0.15) is 26.2 Å². The van der Waals surface area contributed by atoms with E-state index in [1.165, 1.54) is 0 Å². The number of carbonyl (C=O) groups is 1. The van der Waals surface area contributed by atoms with E-state index in [0.717, 1.165) is 25.0 Å². The van der Waals surface area contributed by atoms with Gasteiger partial charge in [-0.2, -0.15) is 0 Å². The zero-order valence-corrected chi connectivity index (χ0v) is 7.47. The molecule has 0 unspecified atom stereocenters. The number of hydrogen-bond donors (Lipinski definition) is 1. The minimum Gasteiger partial charge on any atom is -0.330 e. The second-order valence-electron chi connectivity index (χ2n) is 3.04. The lowest BCUT2D eigenvalue weighted by Gasteiger charge is -2.05. The van der Waals surface area contributed by atoms with Crippen molar-refractivity contribution < 1.29 is 4.79 Å². The van der Waals surface area contributed by atoms with Gasteiger partial charge in [0.15, 0.2) is 0 Å². The second-order valence-corrected chi connectivity index (χ2v) is 3.04. The molecule has 0 aromatic heterocycles. The molecular weight excluding hydrogens is 150 g/mol. The Labute approximate surface area is 73.4 Å². The van der Waals surface area contributed by atoms with Gasteiger partial charge in [-0.05, 0) is 25.3 Å². The molecule has 2 nitrogen and oxygen atoms in total. The van der Waals surface area contributed by atoms with E-state index in [1.54, 1.807) is 6.08 Å². The fourth-order valence-electron chi connectivity index (χ4n) is 0.996. The Balaban J connectivity index is 2.40. The molecule has 2 heteroatoms. The fraction of sp³-hybridized carbons (Fsp3) is 0.500. The zero-order valence-electron chi connectivity index (χ0n) is 7.47. The van der Waals surface area contributed by atoms with Gasteiger partial charge in [0.25, 0.3) is 0 Å². The monoisotopic (exact) mass is 165 g/mol. The van der Waals surface area contributed by atoms with E-state index in [-0.39, 0.29) is 11.8 Å². The summed E-state index contributed by atoms with van der Waals surface area (Å²) in [6, 6.07) is 0. The molecule has 0 aromatic rings. The summed E-state index contributed by atoms with van der Waals surface area (Å²) in [5.74, 6) is 0.453. The number of allylic oxidation sites excluding steroid dienone is 3. The second kappa shape index (κ2) is 4.10. The van der Waals surface area contributed by atoms with Gasteiger partial charge in [0.2, 0.25) is 5.91 Å². The van der Waals surface area contributed by atoms with E-state index in [2.05, 4.69) is 11.9 Å². The predicted octanol–water partition coefficient (Wildman–Crippen LogP) is 1.99. The molecule has 0 saturated heterocycles.